The maximum Gasteiger partial charge on any atom is 0.337 e. The lowest BCUT2D eigenvalue weighted by Gasteiger charge is -2.23. The van der Waals surface area contributed by atoms with E-state index in [4.69, 9.17) is 9.26 Å². The van der Waals surface area contributed by atoms with Gasteiger partial charge in [0.25, 0.3) is 0 Å². The molecule has 2 heterocycles. The Morgan fingerprint density at radius 3 is 2.66 bits per heavy atom. The van der Waals surface area contributed by atoms with Crippen LogP contribution in [0.5, 0.6) is 0 Å². The minimum atomic E-state index is -1.08. The summed E-state index contributed by atoms with van der Waals surface area (Å²) >= 11 is 0. The highest BCUT2D eigenvalue weighted by molar-refractivity contribution is 5.88. The number of carboxylic acid groups (broad SMARTS) is 1. The van der Waals surface area contributed by atoms with E-state index in [2.05, 4.69) is 15.1 Å². The average molecular weight is 444 g/mol. The van der Waals surface area contributed by atoms with E-state index in [9.17, 15) is 14.7 Å². The van der Waals surface area contributed by atoms with Crippen molar-refractivity contribution in [2.45, 2.75) is 90.1 Å². The normalized spacial score (nSPS) is 16.0. The lowest BCUT2D eigenvalue weighted by molar-refractivity contribution is -0.155. The number of rotatable bonds is 9. The molecule has 1 saturated carbocycles. The second-order valence-electron chi connectivity index (χ2n) is 9.65. The van der Waals surface area contributed by atoms with Crippen LogP contribution in [-0.2, 0) is 9.53 Å². The van der Waals surface area contributed by atoms with Crippen LogP contribution in [0.15, 0.2) is 23.0 Å². The Labute approximate surface area is 188 Å². The van der Waals surface area contributed by atoms with Crippen LogP contribution < -0.4 is 0 Å². The average Bonchev–Trinajstić information content (AvgIpc) is 3.23. The third-order valence-corrected chi connectivity index (χ3v) is 5.76. The molecule has 0 aliphatic heterocycles. The lowest BCUT2D eigenvalue weighted by atomic mass is 9.84. The molecule has 3 rings (SSSR count). The molecule has 8 heteroatoms. The van der Waals surface area contributed by atoms with E-state index in [0.29, 0.717) is 11.5 Å². The van der Waals surface area contributed by atoms with E-state index in [0.717, 1.165) is 25.2 Å². The van der Waals surface area contributed by atoms with Gasteiger partial charge in [-0.15, -0.1) is 0 Å². The van der Waals surface area contributed by atoms with Crippen molar-refractivity contribution in [2.75, 3.05) is 0 Å². The van der Waals surface area contributed by atoms with Gasteiger partial charge >= 0.3 is 11.9 Å². The monoisotopic (exact) mass is 443 g/mol. The van der Waals surface area contributed by atoms with Gasteiger partial charge in [0.05, 0.1) is 12.0 Å². The van der Waals surface area contributed by atoms with Gasteiger partial charge in [0.15, 0.2) is 0 Å². The number of aromatic nitrogens is 3. The zero-order valence-corrected chi connectivity index (χ0v) is 19.2. The molecule has 1 fully saturated rings. The summed E-state index contributed by atoms with van der Waals surface area (Å²) in [6.07, 6.45) is 12.3. The van der Waals surface area contributed by atoms with Crippen LogP contribution in [0.4, 0.5) is 0 Å². The number of carbonyl (C=O) groups excluding carboxylic acids is 1. The highest BCUT2D eigenvalue weighted by Gasteiger charge is 2.26. The van der Waals surface area contributed by atoms with E-state index in [1.54, 1.807) is 0 Å². The molecule has 0 spiro atoms. The third-order valence-electron chi connectivity index (χ3n) is 5.76. The second kappa shape index (κ2) is 10.7. The highest BCUT2D eigenvalue weighted by Crippen LogP contribution is 2.32. The van der Waals surface area contributed by atoms with Crippen LogP contribution in [-0.4, -0.2) is 37.8 Å². The summed E-state index contributed by atoms with van der Waals surface area (Å²) in [5.74, 6) is -0.227. The molecule has 0 aromatic carbocycles. The van der Waals surface area contributed by atoms with Crippen molar-refractivity contribution in [1.29, 1.82) is 0 Å². The van der Waals surface area contributed by atoms with Crippen molar-refractivity contribution in [3.8, 4) is 11.4 Å². The van der Waals surface area contributed by atoms with Gasteiger partial charge in [-0.25, -0.2) is 4.79 Å². The minimum absolute atomic E-state index is 0.0478. The van der Waals surface area contributed by atoms with Gasteiger partial charge < -0.3 is 14.4 Å². The van der Waals surface area contributed by atoms with Gasteiger partial charge in [-0.2, -0.15) is 4.98 Å². The van der Waals surface area contributed by atoms with Crippen molar-refractivity contribution >= 4 is 11.9 Å². The molecular weight excluding hydrogens is 410 g/mol. The minimum Gasteiger partial charge on any atom is -0.478 e. The summed E-state index contributed by atoms with van der Waals surface area (Å²) in [6.45, 7) is 5.53. The molecule has 174 valence electrons. The number of hydrogen-bond donors (Lipinski definition) is 1. The molecule has 2 aromatic rings. The fourth-order valence-electron chi connectivity index (χ4n) is 4.22. The Balaban J connectivity index is 1.72. The van der Waals surface area contributed by atoms with Gasteiger partial charge in [-0.1, -0.05) is 50.1 Å². The summed E-state index contributed by atoms with van der Waals surface area (Å²) < 4.78 is 11.0. The predicted octanol–water partition coefficient (Wildman–Crippen LogP) is 5.40. The SMILES string of the molecule is CC(C)(C)OC(=O)C[C@@H](CCCC1CCCCC1)c1nc(-c2cncc(C(=O)O)c2)no1. The summed E-state index contributed by atoms with van der Waals surface area (Å²) in [5.41, 5.74) is -0.0584. The topological polar surface area (TPSA) is 115 Å². The molecule has 0 bridgehead atoms. The maximum atomic E-state index is 12.5. The summed E-state index contributed by atoms with van der Waals surface area (Å²) in [7, 11) is 0. The molecule has 0 unspecified atom stereocenters. The predicted molar refractivity (Wildman–Crippen MR) is 118 cm³/mol. The van der Waals surface area contributed by atoms with Crippen LogP contribution in [0.1, 0.15) is 101 Å². The molecule has 0 amide bonds. The zero-order valence-electron chi connectivity index (χ0n) is 19.2. The number of carbonyl (C=O) groups is 2. The van der Waals surface area contributed by atoms with Gasteiger partial charge in [0.1, 0.15) is 5.60 Å². The van der Waals surface area contributed by atoms with E-state index in [1.165, 1.54) is 50.6 Å². The fraction of sp³-hybridized carbons (Fsp3) is 0.625. The van der Waals surface area contributed by atoms with Gasteiger partial charge in [0.2, 0.25) is 11.7 Å². The molecule has 1 N–H and O–H groups in total. The number of nitrogens with zero attached hydrogens (tertiary/aromatic N) is 3. The Hall–Kier alpha value is -2.77. The van der Waals surface area contributed by atoms with Crippen molar-refractivity contribution < 1.29 is 24.0 Å². The van der Waals surface area contributed by atoms with Crippen LogP contribution in [0.3, 0.4) is 0 Å². The largest absolute Gasteiger partial charge is 0.478 e. The number of aromatic carboxylic acids is 1. The van der Waals surface area contributed by atoms with Crippen LogP contribution in [0, 0.1) is 5.92 Å². The second-order valence-corrected chi connectivity index (χ2v) is 9.65. The standard InChI is InChI=1S/C24H33N3O5/c1-24(2,3)31-20(28)13-17(11-7-10-16-8-5-4-6-9-16)22-26-21(27-32-22)18-12-19(23(29)30)15-25-14-18/h12,14-17H,4-11,13H2,1-3H3,(H,29,30)/t17-/m1/s1. The van der Waals surface area contributed by atoms with Crippen molar-refractivity contribution in [2.24, 2.45) is 5.92 Å². The number of ether oxygens (including phenoxy) is 1. The number of carboxylic acids is 1. The first kappa shape index (κ1) is 23.9. The number of hydrogen-bond acceptors (Lipinski definition) is 7. The quantitative estimate of drug-likeness (QED) is 0.512. The Morgan fingerprint density at radius 1 is 1.22 bits per heavy atom. The molecular formula is C24H33N3O5. The van der Waals surface area contributed by atoms with Crippen LogP contribution >= 0.6 is 0 Å². The van der Waals surface area contributed by atoms with Crippen molar-refractivity contribution in [3.63, 3.8) is 0 Å². The van der Waals surface area contributed by atoms with Gasteiger partial charge in [0, 0.05) is 23.9 Å². The van der Waals surface area contributed by atoms with E-state index >= 15 is 0 Å². The molecule has 2 aromatic heterocycles. The van der Waals surface area contributed by atoms with Gasteiger partial charge in [-0.3, -0.25) is 9.78 Å². The highest BCUT2D eigenvalue weighted by atomic mass is 16.6. The molecule has 0 saturated heterocycles. The summed E-state index contributed by atoms with van der Waals surface area (Å²) in [4.78, 5) is 32.2. The third kappa shape index (κ3) is 7.14. The summed E-state index contributed by atoms with van der Waals surface area (Å²) in [6, 6.07) is 1.45. The molecule has 32 heavy (non-hydrogen) atoms. The Kier molecular flexibility index (Phi) is 7.99. The smallest absolute Gasteiger partial charge is 0.337 e. The first-order valence-electron chi connectivity index (χ1n) is 11.5. The molecule has 0 radical (unpaired) electrons. The lowest BCUT2D eigenvalue weighted by Crippen LogP contribution is -2.25. The van der Waals surface area contributed by atoms with E-state index < -0.39 is 11.6 Å². The fourth-order valence-corrected chi connectivity index (χ4v) is 4.22. The summed E-state index contributed by atoms with van der Waals surface area (Å²) in [5, 5.41) is 13.2. The maximum absolute atomic E-state index is 12.5. The van der Waals surface area contributed by atoms with Crippen molar-refractivity contribution in [3.05, 3.63) is 29.9 Å². The number of pyridine rings is 1. The van der Waals surface area contributed by atoms with E-state index in [1.807, 2.05) is 20.8 Å². The van der Waals surface area contributed by atoms with Crippen LogP contribution in [0.2, 0.25) is 0 Å². The molecule has 1 aliphatic rings. The van der Waals surface area contributed by atoms with E-state index in [-0.39, 0.29) is 29.7 Å². The Morgan fingerprint density at radius 2 is 1.97 bits per heavy atom. The van der Waals surface area contributed by atoms with Crippen LogP contribution in [0.25, 0.3) is 11.4 Å². The first-order valence-corrected chi connectivity index (χ1v) is 11.5. The van der Waals surface area contributed by atoms with Gasteiger partial charge in [-0.05, 0) is 39.2 Å². The zero-order chi connectivity index (χ0) is 23.1. The molecule has 1 aliphatic carbocycles. The Bertz CT molecular complexity index is 912. The molecule has 1 atom stereocenters. The van der Waals surface area contributed by atoms with Crippen molar-refractivity contribution in [1.82, 2.24) is 15.1 Å². The molecule has 8 nitrogen and oxygen atoms in total. The first-order chi connectivity index (χ1) is 15.2. The number of esters is 1.